The van der Waals surface area contributed by atoms with E-state index in [0.717, 1.165) is 31.8 Å². The van der Waals surface area contributed by atoms with Crippen LogP contribution in [0.4, 0.5) is 0 Å². The van der Waals surface area contributed by atoms with Crippen LogP contribution in [0, 0.1) is 0 Å². The summed E-state index contributed by atoms with van der Waals surface area (Å²) in [7, 11) is 1.76. The topological polar surface area (TPSA) is 49.9 Å². The van der Waals surface area contributed by atoms with Crippen molar-refractivity contribution in [2.75, 3.05) is 20.2 Å². The first kappa shape index (κ1) is 8.72. The lowest BCUT2D eigenvalue weighted by Crippen LogP contribution is -2.41. The van der Waals surface area contributed by atoms with Gasteiger partial charge in [-0.1, -0.05) is 0 Å². The molecule has 0 spiro atoms. The lowest BCUT2D eigenvalue weighted by Gasteiger charge is -2.34. The SMILES string of the molecule is COC1(c2ncc[nH]2)CCNCC1. The Bertz CT molecular complexity index is 252. The number of hydrogen-bond acceptors (Lipinski definition) is 3. The molecule has 2 N–H and O–H groups in total. The van der Waals surface area contributed by atoms with Gasteiger partial charge < -0.3 is 15.0 Å². The molecule has 1 aliphatic heterocycles. The fourth-order valence-corrected chi connectivity index (χ4v) is 1.88. The van der Waals surface area contributed by atoms with Crippen LogP contribution in [0.15, 0.2) is 12.4 Å². The van der Waals surface area contributed by atoms with E-state index >= 15 is 0 Å². The first-order valence-corrected chi connectivity index (χ1v) is 4.63. The standard InChI is InChI=1S/C9H15N3O/c1-13-9(2-4-10-5-3-9)8-11-6-7-12-8/h6-7,10H,2-5H2,1H3,(H,11,12). The highest BCUT2D eigenvalue weighted by Gasteiger charge is 2.35. The Hall–Kier alpha value is -0.870. The Morgan fingerprint density at radius 1 is 1.46 bits per heavy atom. The number of H-pyrrole nitrogens is 1. The summed E-state index contributed by atoms with van der Waals surface area (Å²) in [6, 6.07) is 0. The highest BCUT2D eigenvalue weighted by Crippen LogP contribution is 2.31. The Balaban J connectivity index is 2.23. The Labute approximate surface area is 77.7 Å². The molecule has 0 amide bonds. The number of aromatic amines is 1. The van der Waals surface area contributed by atoms with Crippen molar-refractivity contribution < 1.29 is 4.74 Å². The second-order valence-electron chi connectivity index (χ2n) is 3.39. The summed E-state index contributed by atoms with van der Waals surface area (Å²) in [5.41, 5.74) is -0.186. The Kier molecular flexibility index (Phi) is 2.33. The zero-order chi connectivity index (χ0) is 9.15. The summed E-state index contributed by atoms with van der Waals surface area (Å²) in [5, 5.41) is 3.31. The molecule has 4 heteroatoms. The molecule has 4 nitrogen and oxygen atoms in total. The Morgan fingerprint density at radius 3 is 2.77 bits per heavy atom. The average Bonchev–Trinajstić information content (AvgIpc) is 2.72. The molecule has 0 saturated carbocycles. The number of hydrogen-bond donors (Lipinski definition) is 2. The van der Waals surface area contributed by atoms with E-state index in [4.69, 9.17) is 4.74 Å². The molecule has 72 valence electrons. The predicted octanol–water partition coefficient (Wildman–Crippen LogP) is 0.635. The number of nitrogens with zero attached hydrogens (tertiary/aromatic N) is 1. The lowest BCUT2D eigenvalue weighted by molar-refractivity contribution is -0.0455. The molecule has 0 atom stereocenters. The smallest absolute Gasteiger partial charge is 0.138 e. The average molecular weight is 181 g/mol. The predicted molar refractivity (Wildman–Crippen MR) is 49.4 cm³/mol. The molecule has 1 fully saturated rings. The van der Waals surface area contributed by atoms with Gasteiger partial charge in [0.25, 0.3) is 0 Å². The summed E-state index contributed by atoms with van der Waals surface area (Å²) in [6.45, 7) is 1.99. The van der Waals surface area contributed by atoms with Crippen LogP contribution in [0.1, 0.15) is 18.7 Å². The number of aromatic nitrogens is 2. The van der Waals surface area contributed by atoms with E-state index in [1.165, 1.54) is 0 Å². The van der Waals surface area contributed by atoms with E-state index in [9.17, 15) is 0 Å². The van der Waals surface area contributed by atoms with Crippen LogP contribution in [-0.2, 0) is 10.3 Å². The first-order valence-electron chi connectivity index (χ1n) is 4.63. The third-order valence-corrected chi connectivity index (χ3v) is 2.73. The molecule has 2 rings (SSSR count). The number of rotatable bonds is 2. The quantitative estimate of drug-likeness (QED) is 0.703. The van der Waals surface area contributed by atoms with Crippen molar-refractivity contribution in [1.29, 1.82) is 0 Å². The van der Waals surface area contributed by atoms with Gasteiger partial charge in [0.1, 0.15) is 11.4 Å². The van der Waals surface area contributed by atoms with E-state index in [-0.39, 0.29) is 5.60 Å². The van der Waals surface area contributed by atoms with Crippen LogP contribution < -0.4 is 5.32 Å². The monoisotopic (exact) mass is 181 g/mol. The van der Waals surface area contributed by atoms with E-state index in [1.807, 2.05) is 6.20 Å². The molecular formula is C9H15N3O. The molecule has 1 aromatic heterocycles. The van der Waals surface area contributed by atoms with Gasteiger partial charge in [-0.2, -0.15) is 0 Å². The summed E-state index contributed by atoms with van der Waals surface area (Å²) in [6.07, 6.45) is 5.59. The summed E-state index contributed by atoms with van der Waals surface area (Å²) in [4.78, 5) is 7.41. The van der Waals surface area contributed by atoms with E-state index in [0.29, 0.717) is 0 Å². The number of imidazole rings is 1. The highest BCUT2D eigenvalue weighted by molar-refractivity contribution is 5.05. The second kappa shape index (κ2) is 3.47. The third-order valence-electron chi connectivity index (χ3n) is 2.73. The molecule has 0 bridgehead atoms. The molecule has 1 aliphatic rings. The van der Waals surface area contributed by atoms with Crippen molar-refractivity contribution in [3.63, 3.8) is 0 Å². The van der Waals surface area contributed by atoms with Crippen molar-refractivity contribution in [1.82, 2.24) is 15.3 Å². The van der Waals surface area contributed by atoms with Crippen LogP contribution in [-0.4, -0.2) is 30.2 Å². The zero-order valence-corrected chi connectivity index (χ0v) is 7.84. The van der Waals surface area contributed by atoms with Gasteiger partial charge >= 0.3 is 0 Å². The molecule has 0 aliphatic carbocycles. The van der Waals surface area contributed by atoms with Gasteiger partial charge in [0.2, 0.25) is 0 Å². The molecule has 0 radical (unpaired) electrons. The van der Waals surface area contributed by atoms with Gasteiger partial charge in [-0.3, -0.25) is 0 Å². The zero-order valence-electron chi connectivity index (χ0n) is 7.84. The largest absolute Gasteiger partial charge is 0.370 e. The van der Waals surface area contributed by atoms with Gasteiger partial charge in [-0.15, -0.1) is 0 Å². The molecule has 0 aromatic carbocycles. The van der Waals surface area contributed by atoms with Crippen molar-refractivity contribution >= 4 is 0 Å². The fraction of sp³-hybridized carbons (Fsp3) is 0.667. The molecule has 1 aromatic rings. The maximum atomic E-state index is 5.59. The minimum Gasteiger partial charge on any atom is -0.370 e. The molecule has 13 heavy (non-hydrogen) atoms. The highest BCUT2D eigenvalue weighted by atomic mass is 16.5. The maximum Gasteiger partial charge on any atom is 0.138 e. The third kappa shape index (κ3) is 1.47. The van der Waals surface area contributed by atoms with Crippen molar-refractivity contribution in [2.24, 2.45) is 0 Å². The van der Waals surface area contributed by atoms with Gasteiger partial charge in [-0.25, -0.2) is 4.98 Å². The molecule has 0 unspecified atom stereocenters. The second-order valence-corrected chi connectivity index (χ2v) is 3.39. The van der Waals surface area contributed by atoms with Crippen LogP contribution >= 0.6 is 0 Å². The summed E-state index contributed by atoms with van der Waals surface area (Å²) >= 11 is 0. The van der Waals surface area contributed by atoms with Crippen molar-refractivity contribution in [3.05, 3.63) is 18.2 Å². The number of ether oxygens (including phenoxy) is 1. The molecular weight excluding hydrogens is 166 g/mol. The molecule has 1 saturated heterocycles. The molecule has 2 heterocycles. The summed E-state index contributed by atoms with van der Waals surface area (Å²) < 4.78 is 5.59. The lowest BCUT2D eigenvalue weighted by atomic mass is 9.91. The van der Waals surface area contributed by atoms with Crippen LogP contribution in [0.3, 0.4) is 0 Å². The minimum atomic E-state index is -0.186. The maximum absolute atomic E-state index is 5.59. The van der Waals surface area contributed by atoms with Crippen LogP contribution in [0.5, 0.6) is 0 Å². The van der Waals surface area contributed by atoms with Gasteiger partial charge in [-0.05, 0) is 25.9 Å². The van der Waals surface area contributed by atoms with E-state index < -0.39 is 0 Å². The van der Waals surface area contributed by atoms with Gasteiger partial charge in [0.15, 0.2) is 0 Å². The fourth-order valence-electron chi connectivity index (χ4n) is 1.88. The first-order chi connectivity index (χ1) is 6.37. The van der Waals surface area contributed by atoms with Crippen molar-refractivity contribution in [3.8, 4) is 0 Å². The normalized spacial score (nSPS) is 21.6. The number of methoxy groups -OCH3 is 1. The van der Waals surface area contributed by atoms with E-state index in [2.05, 4.69) is 15.3 Å². The number of piperidine rings is 1. The number of nitrogens with one attached hydrogen (secondary N) is 2. The van der Waals surface area contributed by atoms with Crippen LogP contribution in [0.25, 0.3) is 0 Å². The summed E-state index contributed by atoms with van der Waals surface area (Å²) in [5.74, 6) is 0.955. The van der Waals surface area contributed by atoms with Gasteiger partial charge in [0.05, 0.1) is 0 Å². The van der Waals surface area contributed by atoms with Crippen LogP contribution in [0.2, 0.25) is 0 Å². The van der Waals surface area contributed by atoms with Gasteiger partial charge in [0, 0.05) is 19.5 Å². The minimum absolute atomic E-state index is 0.186. The Morgan fingerprint density at radius 2 is 2.23 bits per heavy atom. The van der Waals surface area contributed by atoms with E-state index in [1.54, 1.807) is 13.3 Å². The van der Waals surface area contributed by atoms with Crippen molar-refractivity contribution in [2.45, 2.75) is 18.4 Å².